The fourth-order valence-corrected chi connectivity index (χ4v) is 9.73. The summed E-state index contributed by atoms with van der Waals surface area (Å²) in [7, 11) is 1.00. The molecule has 1 aliphatic carbocycles. The normalized spacial score (nSPS) is 15.0. The highest BCUT2D eigenvalue weighted by Crippen LogP contribution is 2.29. The van der Waals surface area contributed by atoms with Gasteiger partial charge in [-0.2, -0.15) is 23.5 Å². The summed E-state index contributed by atoms with van der Waals surface area (Å²) in [5.41, 5.74) is 1.74. The van der Waals surface area contributed by atoms with Gasteiger partial charge in [-0.25, -0.2) is 4.98 Å². The molecule has 2 aliphatic rings. The molecule has 3 heterocycles. The Morgan fingerprint density at radius 1 is 0.918 bits per heavy atom. The number of pyridine rings is 2. The van der Waals surface area contributed by atoms with E-state index >= 15 is 0 Å². The van der Waals surface area contributed by atoms with Crippen LogP contribution in [0.4, 0.5) is 0 Å². The van der Waals surface area contributed by atoms with Gasteiger partial charge in [-0.05, 0) is 69.2 Å². The molecule has 2 unspecified atom stereocenters. The predicted molar refractivity (Wildman–Crippen MR) is 264 cm³/mol. The van der Waals surface area contributed by atoms with Crippen molar-refractivity contribution < 1.29 is 24.3 Å². The van der Waals surface area contributed by atoms with Gasteiger partial charge in [-0.1, -0.05) is 95.7 Å². The molecule has 1 aliphatic heterocycles. The molecule has 14 heteroatoms. The van der Waals surface area contributed by atoms with Crippen molar-refractivity contribution >= 4 is 80.9 Å². The molecular weight excluding hydrogens is 920 g/mol. The first-order chi connectivity index (χ1) is 29.7. The van der Waals surface area contributed by atoms with Crippen LogP contribution in [0.25, 0.3) is 10.9 Å². The van der Waals surface area contributed by atoms with Crippen molar-refractivity contribution in [1.82, 2.24) is 29.0 Å². The molecule has 4 N–H and O–H groups in total. The third-order valence-corrected chi connectivity index (χ3v) is 13.9. The SMILES string of the molecule is C#C.C1CSCS1.C=CCC(CC[C@H](CC1CCCCC1)NC(=O)[C@H](C)N(I)C(=O)c1ccc2ccccc2n1)C(=O)NC(CCC)C(=O)NCc1ccccn1.CC.CO. The number of thioether (sulfide) groups is 2. The maximum atomic E-state index is 13.7. The van der Waals surface area contributed by atoms with Crippen molar-refractivity contribution in [3.63, 3.8) is 0 Å². The van der Waals surface area contributed by atoms with Crippen LogP contribution >= 0.6 is 46.4 Å². The van der Waals surface area contributed by atoms with Crippen LogP contribution in [0.5, 0.6) is 0 Å². The number of hydrogen-bond donors (Lipinski definition) is 4. The van der Waals surface area contributed by atoms with Gasteiger partial charge in [0.1, 0.15) is 17.8 Å². The van der Waals surface area contributed by atoms with Crippen LogP contribution in [0, 0.1) is 24.7 Å². The zero-order valence-electron chi connectivity index (χ0n) is 36.8. The number of halogens is 1. The quantitative estimate of drug-likeness (QED) is 0.0423. The molecule has 61 heavy (non-hydrogen) atoms. The third kappa shape index (κ3) is 20.8. The van der Waals surface area contributed by atoms with Crippen molar-refractivity contribution in [2.45, 2.75) is 123 Å². The highest BCUT2D eigenvalue weighted by Gasteiger charge is 2.30. The number of fused-ring (bicyclic) bond motifs is 1. The van der Waals surface area contributed by atoms with Crippen molar-refractivity contribution in [3.05, 3.63) is 84.8 Å². The number of carbonyl (C=O) groups is 4. The van der Waals surface area contributed by atoms with Gasteiger partial charge < -0.3 is 21.1 Å². The number of aliphatic hydroxyl groups is 1. The largest absolute Gasteiger partial charge is 0.400 e. The van der Waals surface area contributed by atoms with E-state index in [1.165, 1.54) is 39.0 Å². The summed E-state index contributed by atoms with van der Waals surface area (Å²) in [6.07, 6.45) is 20.9. The maximum absolute atomic E-state index is 13.7. The Hall–Kier alpha value is -3.65. The van der Waals surface area contributed by atoms with Crippen LogP contribution < -0.4 is 16.0 Å². The van der Waals surface area contributed by atoms with Crippen LogP contribution in [0.3, 0.4) is 0 Å². The molecule has 3 aromatic rings. The summed E-state index contributed by atoms with van der Waals surface area (Å²) >= 11 is 5.98. The van der Waals surface area contributed by atoms with E-state index in [1.54, 1.807) is 25.3 Å². The number of allylic oxidation sites excluding steroid dienone is 1. The molecular formula is C47H69IN6O5S2. The lowest BCUT2D eigenvalue weighted by molar-refractivity contribution is -0.131. The van der Waals surface area contributed by atoms with Gasteiger partial charge in [-0.3, -0.25) is 27.3 Å². The maximum Gasteiger partial charge on any atom is 0.281 e. The highest BCUT2D eigenvalue weighted by molar-refractivity contribution is 14.1. The molecule has 1 aromatic carbocycles. The van der Waals surface area contributed by atoms with Crippen LogP contribution in [0.15, 0.2) is 73.4 Å². The molecule has 5 rings (SSSR count). The monoisotopic (exact) mass is 988 g/mol. The summed E-state index contributed by atoms with van der Waals surface area (Å²) in [4.78, 5) is 62.6. The number of terminal acetylenes is 1. The highest BCUT2D eigenvalue weighted by atomic mass is 127. The average Bonchev–Trinajstić information content (AvgIpc) is 3.92. The van der Waals surface area contributed by atoms with Gasteiger partial charge in [0.25, 0.3) is 5.91 Å². The van der Waals surface area contributed by atoms with Gasteiger partial charge in [0, 0.05) is 47.2 Å². The Bertz CT molecular complexity index is 1720. The lowest BCUT2D eigenvalue weighted by Crippen LogP contribution is -2.49. The minimum atomic E-state index is -0.739. The second-order valence-electron chi connectivity index (χ2n) is 14.2. The number of aromatic nitrogens is 2. The summed E-state index contributed by atoms with van der Waals surface area (Å²) in [5, 5.41) is 18.4. The minimum Gasteiger partial charge on any atom is -0.400 e. The second kappa shape index (κ2) is 33.9. The second-order valence-corrected chi connectivity index (χ2v) is 17.9. The first kappa shape index (κ1) is 55.4. The Morgan fingerprint density at radius 3 is 2.20 bits per heavy atom. The first-order valence-electron chi connectivity index (χ1n) is 21.4. The molecule has 2 fully saturated rings. The molecule has 0 radical (unpaired) electrons. The number of amides is 4. The molecule has 0 spiro atoms. The molecule has 4 amide bonds. The van der Waals surface area contributed by atoms with E-state index in [9.17, 15) is 19.2 Å². The summed E-state index contributed by atoms with van der Waals surface area (Å²) in [5.74, 6) is 1.83. The number of hydrogen-bond acceptors (Lipinski definition) is 9. The Labute approximate surface area is 388 Å². The van der Waals surface area contributed by atoms with E-state index in [0.29, 0.717) is 31.6 Å². The van der Waals surface area contributed by atoms with Crippen molar-refractivity contribution in [2.75, 3.05) is 23.7 Å². The summed E-state index contributed by atoms with van der Waals surface area (Å²) in [6, 6.07) is 15.1. The zero-order chi connectivity index (χ0) is 45.4. The van der Waals surface area contributed by atoms with Crippen LogP contribution in [-0.4, -0.2) is 83.6 Å². The Morgan fingerprint density at radius 2 is 1.59 bits per heavy atom. The Balaban J connectivity index is 0.00000151. The topological polar surface area (TPSA) is 154 Å². The predicted octanol–water partition coefficient (Wildman–Crippen LogP) is 9.15. The van der Waals surface area contributed by atoms with E-state index in [0.717, 1.165) is 49.4 Å². The summed E-state index contributed by atoms with van der Waals surface area (Å²) < 4.78 is 1.41. The fourth-order valence-electron chi connectivity index (χ4n) is 6.87. The number of nitrogens with zero attached hydrogens (tertiary/aromatic N) is 3. The molecule has 2 aromatic heterocycles. The van der Waals surface area contributed by atoms with Crippen molar-refractivity contribution in [3.8, 4) is 12.8 Å². The number of nitrogens with one attached hydrogen (secondary N) is 3. The van der Waals surface area contributed by atoms with Crippen molar-refractivity contribution in [1.29, 1.82) is 0 Å². The number of para-hydroxylation sites is 1. The lowest BCUT2D eigenvalue weighted by Gasteiger charge is -2.30. The van der Waals surface area contributed by atoms with E-state index in [1.807, 2.05) is 116 Å². The van der Waals surface area contributed by atoms with Crippen LogP contribution in [0.2, 0.25) is 0 Å². The number of rotatable bonds is 18. The minimum absolute atomic E-state index is 0.167. The van der Waals surface area contributed by atoms with Gasteiger partial charge in [0.2, 0.25) is 17.7 Å². The Kier molecular flexibility index (Phi) is 30.8. The van der Waals surface area contributed by atoms with Crippen molar-refractivity contribution in [2.24, 2.45) is 11.8 Å². The van der Waals surface area contributed by atoms with Crippen LogP contribution in [0.1, 0.15) is 115 Å². The fraction of sp³-hybridized carbons (Fsp3) is 0.532. The van der Waals surface area contributed by atoms with E-state index < -0.39 is 18.0 Å². The van der Waals surface area contributed by atoms with Gasteiger partial charge in [0.15, 0.2) is 0 Å². The van der Waals surface area contributed by atoms with E-state index in [-0.39, 0.29) is 41.9 Å². The lowest BCUT2D eigenvalue weighted by atomic mass is 9.83. The average molecular weight is 989 g/mol. The molecule has 1 saturated carbocycles. The molecule has 0 bridgehead atoms. The van der Waals surface area contributed by atoms with Crippen LogP contribution in [-0.2, 0) is 20.9 Å². The third-order valence-electron chi connectivity index (χ3n) is 10.0. The number of carbonyl (C=O) groups excluding carboxylic acids is 4. The van der Waals surface area contributed by atoms with Gasteiger partial charge >= 0.3 is 0 Å². The zero-order valence-corrected chi connectivity index (χ0v) is 40.6. The smallest absolute Gasteiger partial charge is 0.281 e. The van der Waals surface area contributed by atoms with Gasteiger partial charge in [-0.15, -0.1) is 19.4 Å². The molecule has 4 atom stereocenters. The standard InChI is InChI=1S/C39H51IN6O4.C3H6S2.C2H6.C2H2.CH4O/c1-4-13-30(37(48)45-34(14-5-2)38(49)42-26-32-18-11-12-24-41-32)20-22-31(25-28-15-7-6-8-16-28)43-36(47)27(3)46(40)39(50)35-23-21-29-17-9-10-19-33(29)44-35;1-2-5-3-4-1;3*1-2/h4,9-12,17-19,21,23-24,27-28,30-31,34H,1,5-8,13-16,20,22,25-26H2,2-3H3,(H,42,49)(H,43,47)(H,45,48);1-3H2;1-2H3;1-2H;2H,1H3/t27-,30?,31+,34?;;;;/m0..../s1. The van der Waals surface area contributed by atoms with Gasteiger partial charge in [0.05, 0.1) is 40.6 Å². The van der Waals surface area contributed by atoms with E-state index in [4.69, 9.17) is 5.11 Å². The number of benzene rings is 1. The summed E-state index contributed by atoms with van der Waals surface area (Å²) in [6.45, 7) is 11.9. The number of aliphatic hydroxyl groups excluding tert-OH is 1. The van der Waals surface area contributed by atoms with E-state index in [2.05, 4.69) is 45.3 Å². The molecule has 1 saturated heterocycles. The molecule has 11 nitrogen and oxygen atoms in total. The molecule has 336 valence electrons. The first-order valence-corrected chi connectivity index (χ1v) is 24.6.